The summed E-state index contributed by atoms with van der Waals surface area (Å²) in [5.74, 6) is 0.854. The maximum absolute atomic E-state index is 12.7. The number of nitrogens with one attached hydrogen (secondary N) is 1. The molecule has 0 aromatic heterocycles. The van der Waals surface area contributed by atoms with Gasteiger partial charge in [0.1, 0.15) is 0 Å². The molecule has 0 amide bonds. The lowest BCUT2D eigenvalue weighted by molar-refractivity contribution is 0.354. The second-order valence-corrected chi connectivity index (χ2v) is 11.2. The van der Waals surface area contributed by atoms with E-state index in [1.54, 1.807) is 30.3 Å². The van der Waals surface area contributed by atoms with Gasteiger partial charge in [0.05, 0.1) is 25.7 Å². The van der Waals surface area contributed by atoms with E-state index in [1.807, 2.05) is 13.0 Å². The molecule has 0 saturated carbocycles. The van der Waals surface area contributed by atoms with Gasteiger partial charge < -0.3 is 9.47 Å². The fourth-order valence-electron chi connectivity index (χ4n) is 3.62. The topological polar surface area (TPSA) is 102 Å². The molecule has 0 bridgehead atoms. The summed E-state index contributed by atoms with van der Waals surface area (Å²) in [4.78, 5) is 0. The largest absolute Gasteiger partial charge is 0.493 e. The zero-order chi connectivity index (χ0) is 22.6. The Morgan fingerprint density at radius 2 is 1.71 bits per heavy atom. The number of fused-ring (bicyclic) bond motifs is 1. The summed E-state index contributed by atoms with van der Waals surface area (Å²) in [5.41, 5.74) is 2.82. The molecule has 31 heavy (non-hydrogen) atoms. The Hall–Kier alpha value is -2.30. The molecule has 0 unspecified atom stereocenters. The van der Waals surface area contributed by atoms with Crippen LogP contribution in [0.3, 0.4) is 0 Å². The van der Waals surface area contributed by atoms with E-state index >= 15 is 0 Å². The van der Waals surface area contributed by atoms with Crippen molar-refractivity contribution >= 4 is 25.7 Å². The van der Waals surface area contributed by atoms with Crippen LogP contribution in [0.4, 0.5) is 5.69 Å². The second-order valence-electron chi connectivity index (χ2n) is 7.43. The molecule has 1 aliphatic heterocycles. The molecule has 0 atom stereocenters. The standard InChI is InChI=1S/C21H28N2O6S2/c1-4-11-31(26,27)23-10-9-17-6-7-19(13-18(17)14-23)22-30(24,25)15-16-5-8-20(28-2)21(12-16)29-3/h5-8,12-13,22H,4,9-11,14-15H2,1-3H3. The molecule has 8 nitrogen and oxygen atoms in total. The molecule has 170 valence electrons. The molecule has 0 radical (unpaired) electrons. The van der Waals surface area contributed by atoms with Crippen LogP contribution in [-0.4, -0.2) is 47.7 Å². The molecular weight excluding hydrogens is 440 g/mol. The van der Waals surface area contributed by atoms with E-state index in [2.05, 4.69) is 4.72 Å². The van der Waals surface area contributed by atoms with Crippen molar-refractivity contribution in [2.45, 2.75) is 32.1 Å². The highest BCUT2D eigenvalue weighted by atomic mass is 32.2. The number of hydrogen-bond donors (Lipinski definition) is 1. The molecule has 0 saturated heterocycles. The summed E-state index contributed by atoms with van der Waals surface area (Å²) in [5, 5.41) is 0. The quantitative estimate of drug-likeness (QED) is 0.607. The highest BCUT2D eigenvalue weighted by Crippen LogP contribution is 2.29. The average molecular weight is 469 g/mol. The number of ether oxygens (including phenoxy) is 2. The number of anilines is 1. The Morgan fingerprint density at radius 1 is 0.968 bits per heavy atom. The van der Waals surface area contributed by atoms with E-state index in [-0.39, 0.29) is 18.1 Å². The number of benzene rings is 2. The maximum Gasteiger partial charge on any atom is 0.236 e. The van der Waals surface area contributed by atoms with E-state index in [9.17, 15) is 16.8 Å². The zero-order valence-corrected chi connectivity index (χ0v) is 19.6. The molecule has 3 rings (SSSR count). The van der Waals surface area contributed by atoms with Gasteiger partial charge in [-0.15, -0.1) is 0 Å². The van der Waals surface area contributed by atoms with Crippen molar-refractivity contribution in [3.05, 3.63) is 53.1 Å². The van der Waals surface area contributed by atoms with Crippen LogP contribution in [0.1, 0.15) is 30.0 Å². The van der Waals surface area contributed by atoms with Crippen LogP contribution in [0.5, 0.6) is 11.5 Å². The Balaban J connectivity index is 1.76. The minimum atomic E-state index is -3.69. The summed E-state index contributed by atoms with van der Waals surface area (Å²) in [6, 6.07) is 10.2. The van der Waals surface area contributed by atoms with Gasteiger partial charge in [-0.3, -0.25) is 4.72 Å². The van der Waals surface area contributed by atoms with Gasteiger partial charge in [-0.2, -0.15) is 4.31 Å². The lowest BCUT2D eigenvalue weighted by Gasteiger charge is -2.28. The van der Waals surface area contributed by atoms with Crippen LogP contribution < -0.4 is 14.2 Å². The Labute approximate surface area is 184 Å². The number of nitrogens with zero attached hydrogens (tertiary/aromatic N) is 1. The van der Waals surface area contributed by atoms with E-state index < -0.39 is 20.0 Å². The first-order valence-corrected chi connectivity index (χ1v) is 13.2. The molecular formula is C21H28N2O6S2. The Kier molecular flexibility index (Phi) is 7.13. The van der Waals surface area contributed by atoms with Crippen molar-refractivity contribution in [3.8, 4) is 11.5 Å². The van der Waals surface area contributed by atoms with Gasteiger partial charge >= 0.3 is 0 Å². The Bertz CT molecular complexity index is 1150. The van der Waals surface area contributed by atoms with Gasteiger partial charge in [0, 0.05) is 18.8 Å². The normalized spacial score (nSPS) is 14.7. The van der Waals surface area contributed by atoms with Crippen molar-refractivity contribution in [2.24, 2.45) is 0 Å². The molecule has 10 heteroatoms. The first-order valence-electron chi connectivity index (χ1n) is 9.98. The van der Waals surface area contributed by atoms with Gasteiger partial charge in [-0.1, -0.05) is 19.1 Å². The second kappa shape index (κ2) is 9.46. The van der Waals surface area contributed by atoms with Gasteiger partial charge in [0.2, 0.25) is 20.0 Å². The maximum atomic E-state index is 12.7. The van der Waals surface area contributed by atoms with Gasteiger partial charge in [0.25, 0.3) is 0 Å². The fraction of sp³-hybridized carbons (Fsp3) is 0.429. The third-order valence-electron chi connectivity index (χ3n) is 5.12. The molecule has 0 aliphatic carbocycles. The monoisotopic (exact) mass is 468 g/mol. The molecule has 1 aliphatic rings. The predicted molar refractivity (Wildman–Crippen MR) is 120 cm³/mol. The molecule has 1 heterocycles. The van der Waals surface area contributed by atoms with Gasteiger partial charge in [-0.25, -0.2) is 16.8 Å². The van der Waals surface area contributed by atoms with Crippen molar-refractivity contribution in [3.63, 3.8) is 0 Å². The third-order valence-corrected chi connectivity index (χ3v) is 8.40. The smallest absolute Gasteiger partial charge is 0.236 e. The van der Waals surface area contributed by atoms with Crippen LogP contribution >= 0.6 is 0 Å². The fourth-order valence-corrected chi connectivity index (χ4v) is 6.28. The molecule has 2 aromatic rings. The summed E-state index contributed by atoms with van der Waals surface area (Å²) in [6.45, 7) is 2.53. The van der Waals surface area contributed by atoms with E-state index in [0.717, 1.165) is 11.1 Å². The van der Waals surface area contributed by atoms with Crippen LogP contribution in [0.2, 0.25) is 0 Å². The van der Waals surface area contributed by atoms with Crippen molar-refractivity contribution in [1.82, 2.24) is 4.31 Å². The minimum absolute atomic E-state index is 0.111. The first-order chi connectivity index (χ1) is 14.7. The summed E-state index contributed by atoms with van der Waals surface area (Å²) >= 11 is 0. The summed E-state index contributed by atoms with van der Waals surface area (Å²) < 4.78 is 64.7. The van der Waals surface area contributed by atoms with Crippen molar-refractivity contribution in [2.75, 3.05) is 31.2 Å². The first kappa shape index (κ1) is 23.4. The van der Waals surface area contributed by atoms with E-state index in [4.69, 9.17) is 9.47 Å². The predicted octanol–water partition coefficient (Wildman–Crippen LogP) is 2.74. The van der Waals surface area contributed by atoms with E-state index in [1.165, 1.54) is 18.5 Å². The average Bonchev–Trinajstić information content (AvgIpc) is 2.72. The lowest BCUT2D eigenvalue weighted by atomic mass is 10.0. The number of hydrogen-bond acceptors (Lipinski definition) is 6. The number of sulfonamides is 2. The molecule has 1 N–H and O–H groups in total. The van der Waals surface area contributed by atoms with Crippen LogP contribution in [0.15, 0.2) is 36.4 Å². The van der Waals surface area contributed by atoms with E-state index in [0.29, 0.717) is 42.1 Å². The lowest BCUT2D eigenvalue weighted by Crippen LogP contribution is -2.37. The van der Waals surface area contributed by atoms with Crippen LogP contribution in [0.25, 0.3) is 0 Å². The highest BCUT2D eigenvalue weighted by molar-refractivity contribution is 7.91. The minimum Gasteiger partial charge on any atom is -0.493 e. The number of rotatable bonds is 9. The molecule has 0 fully saturated rings. The van der Waals surface area contributed by atoms with Gasteiger partial charge in [0.15, 0.2) is 11.5 Å². The van der Waals surface area contributed by atoms with Crippen LogP contribution in [-0.2, 0) is 38.8 Å². The van der Waals surface area contributed by atoms with Gasteiger partial charge in [-0.05, 0) is 53.8 Å². The molecule has 2 aromatic carbocycles. The Morgan fingerprint density at radius 3 is 2.39 bits per heavy atom. The summed E-state index contributed by atoms with van der Waals surface area (Å²) in [7, 11) is -3.99. The van der Waals surface area contributed by atoms with Crippen LogP contribution in [0, 0.1) is 0 Å². The zero-order valence-electron chi connectivity index (χ0n) is 17.9. The highest BCUT2D eigenvalue weighted by Gasteiger charge is 2.26. The third kappa shape index (κ3) is 5.69. The SMILES string of the molecule is CCCS(=O)(=O)N1CCc2ccc(NS(=O)(=O)Cc3ccc(OC)c(OC)c3)cc2C1. The van der Waals surface area contributed by atoms with Crippen molar-refractivity contribution in [1.29, 1.82) is 0 Å². The number of methoxy groups -OCH3 is 2. The van der Waals surface area contributed by atoms with Crippen molar-refractivity contribution < 1.29 is 26.3 Å². The summed E-state index contributed by atoms with van der Waals surface area (Å²) in [6.07, 6.45) is 1.17. The molecule has 0 spiro atoms.